The maximum atomic E-state index is 12.9. The summed E-state index contributed by atoms with van der Waals surface area (Å²) in [6.07, 6.45) is -4.14. The summed E-state index contributed by atoms with van der Waals surface area (Å²) in [5.74, 6) is 0. The molecule has 0 aromatic heterocycles. The number of hydrogen-bond acceptors (Lipinski definition) is 3. The zero-order chi connectivity index (χ0) is 16.8. The molecule has 2 rings (SSSR count). The Kier molecular flexibility index (Phi) is 4.51. The summed E-state index contributed by atoms with van der Waals surface area (Å²) in [5, 5.41) is -0.528. The van der Waals surface area contributed by atoms with Crippen LogP contribution in [0, 0.1) is 5.41 Å². The largest absolute Gasteiger partial charge is 0.417 e. The molecule has 1 saturated heterocycles. The molecule has 2 N–H and O–H groups in total. The topological polar surface area (TPSA) is 63.4 Å². The van der Waals surface area contributed by atoms with Gasteiger partial charge in [-0.25, -0.2) is 8.42 Å². The molecular weight excluding hydrogens is 341 g/mol. The van der Waals surface area contributed by atoms with Crippen molar-refractivity contribution in [2.24, 2.45) is 11.1 Å². The highest BCUT2D eigenvalue weighted by Gasteiger charge is 2.40. The minimum absolute atomic E-state index is 0.190. The summed E-state index contributed by atoms with van der Waals surface area (Å²) in [6.45, 7) is 2.59. The molecule has 0 amide bonds. The lowest BCUT2D eigenvalue weighted by Crippen LogP contribution is -2.34. The Balaban J connectivity index is 2.39. The van der Waals surface area contributed by atoms with Crippen LogP contribution in [0.25, 0.3) is 0 Å². The SMILES string of the molecule is CC1(CN)CCN(S(=O)(=O)c2ccc(Cl)c(C(F)(F)F)c2)C1. The van der Waals surface area contributed by atoms with Gasteiger partial charge in [0.15, 0.2) is 0 Å². The molecular formula is C13H16ClF3N2O2S. The normalized spacial score (nSPS) is 23.9. The van der Waals surface area contributed by atoms with Crippen molar-refractivity contribution in [1.82, 2.24) is 4.31 Å². The number of nitrogens with zero attached hydrogens (tertiary/aromatic N) is 1. The van der Waals surface area contributed by atoms with E-state index in [2.05, 4.69) is 0 Å². The predicted octanol–water partition coefficient (Wildman–Crippen LogP) is 2.72. The minimum atomic E-state index is -4.71. The van der Waals surface area contributed by atoms with E-state index in [9.17, 15) is 21.6 Å². The molecule has 0 radical (unpaired) electrons. The molecule has 1 fully saturated rings. The van der Waals surface area contributed by atoms with Crippen molar-refractivity contribution in [2.45, 2.75) is 24.4 Å². The molecule has 1 unspecified atom stereocenters. The molecule has 0 spiro atoms. The molecule has 1 aromatic carbocycles. The Morgan fingerprint density at radius 1 is 1.41 bits per heavy atom. The van der Waals surface area contributed by atoms with E-state index in [-0.39, 0.29) is 18.5 Å². The third-order valence-corrected chi connectivity index (χ3v) is 6.07. The Labute approximate surface area is 132 Å². The van der Waals surface area contributed by atoms with Gasteiger partial charge in [-0.1, -0.05) is 18.5 Å². The lowest BCUT2D eigenvalue weighted by atomic mass is 9.90. The first-order valence-electron chi connectivity index (χ1n) is 6.57. The average molecular weight is 357 g/mol. The number of rotatable bonds is 3. The fraction of sp³-hybridized carbons (Fsp3) is 0.538. The van der Waals surface area contributed by atoms with Crippen LogP contribution >= 0.6 is 11.6 Å². The van der Waals surface area contributed by atoms with Gasteiger partial charge in [-0.2, -0.15) is 17.5 Å². The first-order valence-corrected chi connectivity index (χ1v) is 8.38. The highest BCUT2D eigenvalue weighted by Crippen LogP contribution is 2.38. The predicted molar refractivity (Wildman–Crippen MR) is 77.0 cm³/mol. The number of sulfonamides is 1. The van der Waals surface area contributed by atoms with Crippen LogP contribution in [0.2, 0.25) is 5.02 Å². The second-order valence-corrected chi connectivity index (χ2v) is 8.09. The Morgan fingerprint density at radius 3 is 2.55 bits per heavy atom. The Bertz CT molecular complexity index is 678. The molecule has 1 aliphatic heterocycles. The van der Waals surface area contributed by atoms with Gasteiger partial charge in [0, 0.05) is 13.1 Å². The van der Waals surface area contributed by atoms with E-state index in [1.54, 1.807) is 0 Å². The van der Waals surface area contributed by atoms with Crippen molar-refractivity contribution < 1.29 is 21.6 Å². The molecule has 0 saturated carbocycles. The second-order valence-electron chi connectivity index (χ2n) is 5.74. The van der Waals surface area contributed by atoms with Crippen LogP contribution in [0.15, 0.2) is 23.1 Å². The summed E-state index contributed by atoms with van der Waals surface area (Å²) < 4.78 is 64.8. The number of benzene rings is 1. The summed E-state index contributed by atoms with van der Waals surface area (Å²) in [6, 6.07) is 2.62. The number of nitrogens with two attached hydrogens (primary N) is 1. The molecule has 1 atom stereocenters. The second kappa shape index (κ2) is 5.67. The van der Waals surface area contributed by atoms with Crippen molar-refractivity contribution >= 4 is 21.6 Å². The minimum Gasteiger partial charge on any atom is -0.330 e. The van der Waals surface area contributed by atoms with Crippen molar-refractivity contribution in [3.8, 4) is 0 Å². The zero-order valence-electron chi connectivity index (χ0n) is 11.8. The molecule has 1 heterocycles. The first-order chi connectivity index (χ1) is 9.99. The lowest BCUT2D eigenvalue weighted by Gasteiger charge is -2.22. The quantitative estimate of drug-likeness (QED) is 0.905. The van der Waals surface area contributed by atoms with E-state index in [0.717, 1.165) is 12.1 Å². The van der Waals surface area contributed by atoms with E-state index in [1.807, 2.05) is 6.92 Å². The molecule has 1 aromatic rings. The monoisotopic (exact) mass is 356 g/mol. The van der Waals surface area contributed by atoms with Gasteiger partial charge in [0.05, 0.1) is 15.5 Å². The van der Waals surface area contributed by atoms with Crippen LogP contribution in [0.1, 0.15) is 18.9 Å². The number of alkyl halides is 3. The van der Waals surface area contributed by atoms with Gasteiger partial charge >= 0.3 is 6.18 Å². The summed E-state index contributed by atoms with van der Waals surface area (Å²) in [4.78, 5) is -0.412. The molecule has 0 aliphatic carbocycles. The summed E-state index contributed by atoms with van der Waals surface area (Å²) in [5.41, 5.74) is 4.11. The van der Waals surface area contributed by atoms with Crippen LogP contribution in [0.3, 0.4) is 0 Å². The maximum absolute atomic E-state index is 12.9. The van der Waals surface area contributed by atoms with Gasteiger partial charge in [0.1, 0.15) is 0 Å². The molecule has 0 bridgehead atoms. The van der Waals surface area contributed by atoms with Gasteiger partial charge in [-0.05, 0) is 36.6 Å². The van der Waals surface area contributed by atoms with Crippen LogP contribution in [-0.4, -0.2) is 32.4 Å². The third-order valence-electron chi connectivity index (χ3n) is 3.90. The Morgan fingerprint density at radius 2 is 2.05 bits per heavy atom. The van der Waals surface area contributed by atoms with Gasteiger partial charge in [0.2, 0.25) is 10.0 Å². The highest BCUT2D eigenvalue weighted by molar-refractivity contribution is 7.89. The number of hydrogen-bond donors (Lipinski definition) is 1. The van der Waals surface area contributed by atoms with Crippen LogP contribution < -0.4 is 5.73 Å². The van der Waals surface area contributed by atoms with E-state index in [1.165, 1.54) is 4.31 Å². The highest BCUT2D eigenvalue weighted by atomic mass is 35.5. The number of halogens is 4. The summed E-state index contributed by atoms with van der Waals surface area (Å²) >= 11 is 5.51. The third kappa shape index (κ3) is 3.24. The zero-order valence-corrected chi connectivity index (χ0v) is 13.4. The fourth-order valence-corrected chi connectivity index (χ4v) is 4.22. The maximum Gasteiger partial charge on any atom is 0.417 e. The van der Waals surface area contributed by atoms with E-state index >= 15 is 0 Å². The molecule has 124 valence electrons. The standard InChI is InChI=1S/C13H16ClF3N2O2S/c1-12(7-18)4-5-19(8-12)22(20,21)9-2-3-11(14)10(6-9)13(15,16)17/h2-3,6H,4-5,7-8,18H2,1H3. The van der Waals surface area contributed by atoms with E-state index in [4.69, 9.17) is 17.3 Å². The fourth-order valence-electron chi connectivity index (χ4n) is 2.38. The van der Waals surface area contributed by atoms with Gasteiger partial charge < -0.3 is 5.73 Å². The molecule has 22 heavy (non-hydrogen) atoms. The van der Waals surface area contributed by atoms with Crippen molar-refractivity contribution in [1.29, 1.82) is 0 Å². The lowest BCUT2D eigenvalue weighted by molar-refractivity contribution is -0.137. The smallest absolute Gasteiger partial charge is 0.330 e. The molecule has 1 aliphatic rings. The Hall–Kier alpha value is -0.830. The average Bonchev–Trinajstić information content (AvgIpc) is 2.82. The first kappa shape index (κ1) is 17.5. The van der Waals surface area contributed by atoms with Gasteiger partial charge in [-0.15, -0.1) is 0 Å². The molecule has 9 heteroatoms. The summed E-state index contributed by atoms with van der Waals surface area (Å²) in [7, 11) is -4.00. The molecule has 4 nitrogen and oxygen atoms in total. The van der Waals surface area contributed by atoms with Crippen LogP contribution in [0.4, 0.5) is 13.2 Å². The van der Waals surface area contributed by atoms with Crippen molar-refractivity contribution in [2.75, 3.05) is 19.6 Å². The van der Waals surface area contributed by atoms with Gasteiger partial charge in [-0.3, -0.25) is 0 Å². The van der Waals surface area contributed by atoms with Crippen LogP contribution in [0.5, 0.6) is 0 Å². The van der Waals surface area contributed by atoms with E-state index < -0.39 is 31.7 Å². The van der Waals surface area contributed by atoms with Gasteiger partial charge in [0.25, 0.3) is 0 Å². The van der Waals surface area contributed by atoms with E-state index in [0.29, 0.717) is 19.0 Å². The van der Waals surface area contributed by atoms with Crippen LogP contribution in [-0.2, 0) is 16.2 Å². The van der Waals surface area contributed by atoms with Crippen molar-refractivity contribution in [3.05, 3.63) is 28.8 Å². The van der Waals surface area contributed by atoms with Crippen molar-refractivity contribution in [3.63, 3.8) is 0 Å².